The van der Waals surface area contributed by atoms with E-state index in [-0.39, 0.29) is 23.7 Å². The number of carbonyl (C=O) groups excluding carboxylic acids is 1. The Morgan fingerprint density at radius 1 is 1.08 bits per heavy atom. The van der Waals surface area contributed by atoms with Crippen LogP contribution in [0.15, 0.2) is 42.5 Å². The number of hydrogen-bond donors (Lipinski definition) is 0. The molecule has 3 aromatic rings. The number of nitrogens with zero attached hydrogens (tertiary/aromatic N) is 3. The van der Waals surface area contributed by atoms with Crippen LogP contribution in [0, 0.1) is 23.7 Å². The van der Waals surface area contributed by atoms with Crippen molar-refractivity contribution in [1.82, 2.24) is 9.55 Å². The van der Waals surface area contributed by atoms with Crippen LogP contribution in [0.25, 0.3) is 22.4 Å². The molecular formula is C31H38F3N3O2. The van der Waals surface area contributed by atoms with E-state index in [9.17, 15) is 18.0 Å². The number of anilines is 1. The molecule has 0 saturated heterocycles. The highest BCUT2D eigenvalue weighted by molar-refractivity contribution is 5.86. The van der Waals surface area contributed by atoms with Gasteiger partial charge in [-0.05, 0) is 79.7 Å². The van der Waals surface area contributed by atoms with E-state index < -0.39 is 17.8 Å². The molecule has 0 aliphatic heterocycles. The van der Waals surface area contributed by atoms with Crippen molar-refractivity contribution in [1.29, 1.82) is 0 Å². The van der Waals surface area contributed by atoms with Crippen molar-refractivity contribution in [2.75, 3.05) is 19.0 Å². The third-order valence-electron chi connectivity index (χ3n) is 8.45. The quantitative estimate of drug-likeness (QED) is 0.287. The van der Waals surface area contributed by atoms with Crippen LogP contribution in [0.4, 0.5) is 18.9 Å². The fraction of sp³-hybridized carbons (Fsp3) is 0.548. The summed E-state index contributed by atoms with van der Waals surface area (Å²) in [7, 11) is 3.18. The van der Waals surface area contributed by atoms with Gasteiger partial charge < -0.3 is 14.2 Å². The highest BCUT2D eigenvalue weighted by atomic mass is 19.4. The molecule has 0 N–H and O–H groups in total. The van der Waals surface area contributed by atoms with Crippen molar-refractivity contribution in [2.45, 2.75) is 71.2 Å². The zero-order valence-corrected chi connectivity index (χ0v) is 23.3. The Morgan fingerprint density at radius 2 is 1.79 bits per heavy atom. The lowest BCUT2D eigenvalue weighted by Crippen LogP contribution is -2.38. The Labute approximate surface area is 228 Å². The Bertz CT molecular complexity index is 1340. The van der Waals surface area contributed by atoms with E-state index in [1.807, 2.05) is 28.8 Å². The van der Waals surface area contributed by atoms with E-state index in [0.29, 0.717) is 34.7 Å². The number of imidazole rings is 1. The molecule has 8 heteroatoms. The van der Waals surface area contributed by atoms with Gasteiger partial charge in [0.1, 0.15) is 18.0 Å². The lowest BCUT2D eigenvalue weighted by molar-refractivity contribution is -0.160. The van der Waals surface area contributed by atoms with Gasteiger partial charge in [-0.1, -0.05) is 39.3 Å². The van der Waals surface area contributed by atoms with Crippen molar-refractivity contribution in [3.63, 3.8) is 0 Å². The summed E-state index contributed by atoms with van der Waals surface area (Å²) < 4.78 is 50.5. The predicted octanol–water partition coefficient (Wildman–Crippen LogP) is 7.74. The van der Waals surface area contributed by atoms with Gasteiger partial charge in [0.25, 0.3) is 0 Å². The largest absolute Gasteiger partial charge is 0.461 e. The van der Waals surface area contributed by atoms with Gasteiger partial charge >= 0.3 is 12.1 Å². The zero-order chi connectivity index (χ0) is 28.1. The number of benzene rings is 2. The van der Waals surface area contributed by atoms with Crippen molar-refractivity contribution in [3.8, 4) is 11.4 Å². The van der Waals surface area contributed by atoms with Gasteiger partial charge in [-0.3, -0.25) is 0 Å². The average molecular weight is 542 g/mol. The van der Waals surface area contributed by atoms with E-state index in [4.69, 9.17) is 9.72 Å². The minimum Gasteiger partial charge on any atom is -0.461 e. The first-order valence-corrected chi connectivity index (χ1v) is 14.0. The van der Waals surface area contributed by atoms with E-state index in [1.165, 1.54) is 11.0 Å². The number of esters is 1. The van der Waals surface area contributed by atoms with Gasteiger partial charge in [0.05, 0.1) is 16.6 Å². The summed E-state index contributed by atoms with van der Waals surface area (Å²) in [6.07, 6.45) is 0.0419. The second-order valence-corrected chi connectivity index (χ2v) is 12.0. The van der Waals surface area contributed by atoms with Crippen LogP contribution < -0.4 is 4.90 Å². The molecule has 0 spiro atoms. The van der Waals surface area contributed by atoms with Gasteiger partial charge in [0.2, 0.25) is 0 Å². The highest BCUT2D eigenvalue weighted by Gasteiger charge is 2.43. The molecule has 39 heavy (non-hydrogen) atoms. The molecule has 210 valence electrons. The van der Waals surface area contributed by atoms with Crippen molar-refractivity contribution >= 4 is 22.7 Å². The third kappa shape index (κ3) is 5.52. The maximum atomic E-state index is 14.1. The van der Waals surface area contributed by atoms with E-state index in [1.54, 1.807) is 20.2 Å². The predicted molar refractivity (Wildman–Crippen MR) is 147 cm³/mol. The first kappa shape index (κ1) is 27.5. The number of ether oxygens (including phenoxy) is 1. The molecule has 1 aromatic heterocycles. The summed E-state index contributed by atoms with van der Waals surface area (Å²) in [6.45, 7) is 6.56. The molecule has 4 atom stereocenters. The average Bonchev–Trinajstić information content (AvgIpc) is 3.63. The van der Waals surface area contributed by atoms with E-state index in [0.717, 1.165) is 43.7 Å². The normalized spacial score (nSPS) is 22.7. The van der Waals surface area contributed by atoms with Crippen molar-refractivity contribution in [3.05, 3.63) is 48.0 Å². The Balaban J connectivity index is 1.60. The minimum absolute atomic E-state index is 0.0653. The molecule has 5 nitrogen and oxygen atoms in total. The summed E-state index contributed by atoms with van der Waals surface area (Å²) >= 11 is 0. The standard InChI is InChI=1S/C31H38F3N3O2/c1-18(2)22-14-10-19(3)16-27(22)39-30(38)28(20-11-12-20)37-26-9-7-6-8-24(26)35-29(37)21-13-15-25(36(4)5)23(17-21)31(32,33)34/h6-9,13,15,17-20,22,27-28H,10-12,14,16H2,1-5H3/t19?,22-,27+,28+/m0/s1. The smallest absolute Gasteiger partial charge is 0.418 e. The molecule has 5 rings (SSSR count). The lowest BCUT2D eigenvalue weighted by atomic mass is 9.75. The molecule has 1 heterocycles. The number of rotatable bonds is 7. The van der Waals surface area contributed by atoms with Gasteiger partial charge in [0.15, 0.2) is 0 Å². The van der Waals surface area contributed by atoms with Crippen LogP contribution >= 0.6 is 0 Å². The first-order valence-electron chi connectivity index (χ1n) is 14.0. The number of hydrogen-bond acceptors (Lipinski definition) is 4. The maximum Gasteiger partial charge on any atom is 0.418 e. The molecule has 0 amide bonds. The second-order valence-electron chi connectivity index (χ2n) is 12.0. The molecule has 0 radical (unpaired) electrons. The Hall–Kier alpha value is -3.03. The third-order valence-corrected chi connectivity index (χ3v) is 8.45. The van der Waals surface area contributed by atoms with Crippen LogP contribution in [-0.2, 0) is 15.7 Å². The summed E-state index contributed by atoms with van der Waals surface area (Å²) in [6, 6.07) is 11.1. The lowest BCUT2D eigenvalue weighted by Gasteiger charge is -2.37. The van der Waals surface area contributed by atoms with Gasteiger partial charge in [-0.25, -0.2) is 9.78 Å². The summed E-state index contributed by atoms with van der Waals surface area (Å²) in [5.74, 6) is 1.31. The molecule has 2 aromatic carbocycles. The number of alkyl halides is 3. The van der Waals surface area contributed by atoms with E-state index >= 15 is 0 Å². The first-order chi connectivity index (χ1) is 18.5. The summed E-state index contributed by atoms with van der Waals surface area (Å²) in [5, 5.41) is 0. The number of carbonyl (C=O) groups is 1. The van der Waals surface area contributed by atoms with Gasteiger partial charge in [-0.15, -0.1) is 0 Å². The van der Waals surface area contributed by atoms with Crippen LogP contribution in [0.2, 0.25) is 0 Å². The van der Waals surface area contributed by atoms with Crippen LogP contribution in [0.3, 0.4) is 0 Å². The SMILES string of the molecule is CC1CC[C@@H](C(C)C)[C@H](OC(=O)[C@@H](C2CC2)n2c(-c3ccc(N(C)C)c(C(F)(F)F)c3)nc3ccccc32)C1. The van der Waals surface area contributed by atoms with Crippen molar-refractivity contribution in [2.24, 2.45) is 23.7 Å². The topological polar surface area (TPSA) is 47.4 Å². The Kier molecular flexibility index (Phi) is 7.42. The number of para-hydroxylation sites is 2. The Morgan fingerprint density at radius 3 is 2.44 bits per heavy atom. The van der Waals surface area contributed by atoms with Crippen LogP contribution in [0.5, 0.6) is 0 Å². The number of halogens is 3. The van der Waals surface area contributed by atoms with E-state index in [2.05, 4.69) is 20.8 Å². The van der Waals surface area contributed by atoms with Gasteiger partial charge in [0, 0.05) is 25.3 Å². The summed E-state index contributed by atoms with van der Waals surface area (Å²) in [4.78, 5) is 20.2. The maximum absolute atomic E-state index is 14.1. The van der Waals surface area contributed by atoms with Crippen molar-refractivity contribution < 1.29 is 22.7 Å². The minimum atomic E-state index is -4.54. The van der Waals surface area contributed by atoms with Crippen LogP contribution in [0.1, 0.15) is 64.5 Å². The zero-order valence-electron chi connectivity index (χ0n) is 23.3. The highest BCUT2D eigenvalue weighted by Crippen LogP contribution is 2.46. The molecule has 2 saturated carbocycles. The monoisotopic (exact) mass is 541 g/mol. The molecule has 0 bridgehead atoms. The second kappa shape index (κ2) is 10.5. The fourth-order valence-corrected chi connectivity index (χ4v) is 6.21. The molecule has 2 aliphatic carbocycles. The fourth-order valence-electron chi connectivity index (χ4n) is 6.21. The number of fused-ring (bicyclic) bond motifs is 1. The van der Waals surface area contributed by atoms with Crippen LogP contribution in [-0.4, -0.2) is 35.7 Å². The molecular weight excluding hydrogens is 503 g/mol. The summed E-state index contributed by atoms with van der Waals surface area (Å²) in [5.41, 5.74) is 1.05. The molecule has 2 fully saturated rings. The molecule has 2 aliphatic rings. The number of aromatic nitrogens is 2. The molecule has 1 unspecified atom stereocenters. The van der Waals surface area contributed by atoms with Gasteiger partial charge in [-0.2, -0.15) is 13.2 Å².